The van der Waals surface area contributed by atoms with Crippen molar-refractivity contribution < 1.29 is 27.8 Å². The zero-order valence-electron chi connectivity index (χ0n) is 13.9. The number of carbonyl (C=O) groups is 1. The van der Waals surface area contributed by atoms with Crippen LogP contribution in [0.3, 0.4) is 0 Å². The standard InChI is InChI=1S/C17H22F3NO3/c1-10(2)21(9-11(3)22)16(23)15-8-14(15)12-4-6-13(7-5-12)24-17(18,19)20/h4-7,10-11,14-15,22H,8-9H2,1-3H3. The summed E-state index contributed by atoms with van der Waals surface area (Å²) in [6.07, 6.45) is -4.65. The number of carbonyl (C=O) groups excluding carboxylic acids is 1. The SMILES string of the molecule is CC(O)CN(C(=O)C1CC1c1ccc(OC(F)(F)F)cc1)C(C)C. The lowest BCUT2D eigenvalue weighted by Crippen LogP contribution is -2.42. The van der Waals surface area contributed by atoms with Crippen LogP contribution in [-0.4, -0.2) is 41.0 Å². The Hall–Kier alpha value is -1.76. The smallest absolute Gasteiger partial charge is 0.406 e. The van der Waals surface area contributed by atoms with Crippen LogP contribution < -0.4 is 4.74 Å². The Labute approximate surface area is 139 Å². The van der Waals surface area contributed by atoms with Crippen LogP contribution in [0.1, 0.15) is 38.7 Å². The molecule has 7 heteroatoms. The van der Waals surface area contributed by atoms with E-state index in [2.05, 4.69) is 4.74 Å². The van der Waals surface area contributed by atoms with Crippen molar-refractivity contribution >= 4 is 5.91 Å². The van der Waals surface area contributed by atoms with Crippen molar-refractivity contribution in [3.8, 4) is 5.75 Å². The molecule has 0 radical (unpaired) electrons. The third-order valence-corrected chi connectivity index (χ3v) is 4.02. The number of halogens is 3. The monoisotopic (exact) mass is 345 g/mol. The molecule has 0 saturated heterocycles. The van der Waals surface area contributed by atoms with E-state index in [0.717, 1.165) is 5.56 Å². The lowest BCUT2D eigenvalue weighted by molar-refractivity contribution is -0.274. The fraction of sp³-hybridized carbons (Fsp3) is 0.588. The van der Waals surface area contributed by atoms with Gasteiger partial charge in [-0.25, -0.2) is 0 Å². The van der Waals surface area contributed by atoms with Crippen LogP contribution in [0.4, 0.5) is 13.2 Å². The van der Waals surface area contributed by atoms with E-state index in [1.807, 2.05) is 13.8 Å². The second-order valence-electron chi connectivity index (χ2n) is 6.50. The Morgan fingerprint density at radius 2 is 1.88 bits per heavy atom. The van der Waals surface area contributed by atoms with Gasteiger partial charge in [-0.1, -0.05) is 12.1 Å². The van der Waals surface area contributed by atoms with E-state index in [4.69, 9.17) is 0 Å². The van der Waals surface area contributed by atoms with Gasteiger partial charge in [-0.2, -0.15) is 0 Å². The molecule has 1 fully saturated rings. The van der Waals surface area contributed by atoms with Gasteiger partial charge in [-0.3, -0.25) is 4.79 Å². The molecule has 1 aliphatic carbocycles. The Bertz CT molecular complexity index is 569. The fourth-order valence-electron chi connectivity index (χ4n) is 2.81. The van der Waals surface area contributed by atoms with E-state index in [0.29, 0.717) is 6.42 Å². The van der Waals surface area contributed by atoms with Crippen molar-refractivity contribution in [1.82, 2.24) is 4.90 Å². The highest BCUT2D eigenvalue weighted by Gasteiger charge is 2.46. The molecule has 0 spiro atoms. The van der Waals surface area contributed by atoms with Gasteiger partial charge in [0.2, 0.25) is 5.91 Å². The molecule has 1 aliphatic rings. The van der Waals surface area contributed by atoms with Crippen molar-refractivity contribution in [1.29, 1.82) is 0 Å². The van der Waals surface area contributed by atoms with E-state index in [1.165, 1.54) is 12.1 Å². The third-order valence-electron chi connectivity index (χ3n) is 4.02. The predicted octanol–water partition coefficient (Wildman–Crippen LogP) is 3.31. The molecule has 0 bridgehead atoms. The quantitative estimate of drug-likeness (QED) is 0.861. The summed E-state index contributed by atoms with van der Waals surface area (Å²) in [6, 6.07) is 5.63. The average Bonchev–Trinajstić information content (AvgIpc) is 3.23. The maximum atomic E-state index is 12.6. The first-order valence-corrected chi connectivity index (χ1v) is 7.92. The Morgan fingerprint density at radius 1 is 1.29 bits per heavy atom. The fourth-order valence-corrected chi connectivity index (χ4v) is 2.81. The Morgan fingerprint density at radius 3 is 2.33 bits per heavy atom. The first kappa shape index (κ1) is 18.6. The number of alkyl halides is 3. The van der Waals surface area contributed by atoms with Gasteiger partial charge in [0.15, 0.2) is 0 Å². The average molecular weight is 345 g/mol. The summed E-state index contributed by atoms with van der Waals surface area (Å²) in [7, 11) is 0. The minimum atomic E-state index is -4.71. The Balaban J connectivity index is 2.00. The second kappa shape index (κ2) is 7.01. The van der Waals surface area contributed by atoms with Crippen LogP contribution in [0.2, 0.25) is 0 Å². The van der Waals surface area contributed by atoms with E-state index in [1.54, 1.807) is 24.0 Å². The molecule has 1 N–H and O–H groups in total. The number of rotatable bonds is 6. The molecular weight excluding hydrogens is 323 g/mol. The van der Waals surface area contributed by atoms with Crippen LogP contribution >= 0.6 is 0 Å². The van der Waals surface area contributed by atoms with Crippen LogP contribution in [0.5, 0.6) is 5.75 Å². The maximum absolute atomic E-state index is 12.6. The normalized spacial score (nSPS) is 21.5. The van der Waals surface area contributed by atoms with Crippen LogP contribution in [0.25, 0.3) is 0 Å². The molecule has 3 atom stereocenters. The van der Waals surface area contributed by atoms with Crippen molar-refractivity contribution in [3.05, 3.63) is 29.8 Å². The van der Waals surface area contributed by atoms with Crippen molar-refractivity contribution in [2.45, 2.75) is 51.6 Å². The van der Waals surface area contributed by atoms with E-state index in [-0.39, 0.29) is 36.1 Å². The number of ether oxygens (including phenoxy) is 1. The molecule has 3 unspecified atom stereocenters. The lowest BCUT2D eigenvalue weighted by atomic mass is 10.1. The molecule has 0 aromatic heterocycles. The maximum Gasteiger partial charge on any atom is 0.573 e. The first-order valence-electron chi connectivity index (χ1n) is 7.92. The van der Waals surface area contributed by atoms with Crippen molar-refractivity contribution in [3.63, 3.8) is 0 Å². The van der Waals surface area contributed by atoms with Crippen molar-refractivity contribution in [2.24, 2.45) is 5.92 Å². The summed E-state index contributed by atoms with van der Waals surface area (Å²) >= 11 is 0. The Kier molecular flexibility index (Phi) is 5.42. The van der Waals surface area contributed by atoms with E-state index in [9.17, 15) is 23.1 Å². The summed E-state index contributed by atoms with van der Waals surface area (Å²) in [5, 5.41) is 9.53. The van der Waals surface area contributed by atoms with Gasteiger partial charge in [0, 0.05) is 18.5 Å². The van der Waals surface area contributed by atoms with Crippen LogP contribution in [-0.2, 0) is 4.79 Å². The highest BCUT2D eigenvalue weighted by atomic mass is 19.4. The second-order valence-corrected chi connectivity index (χ2v) is 6.50. The molecular formula is C17H22F3NO3. The van der Waals surface area contributed by atoms with Crippen LogP contribution in [0, 0.1) is 5.92 Å². The van der Waals surface area contributed by atoms with Gasteiger partial charge in [-0.15, -0.1) is 13.2 Å². The topological polar surface area (TPSA) is 49.8 Å². The van der Waals surface area contributed by atoms with Gasteiger partial charge in [0.25, 0.3) is 0 Å². The number of aliphatic hydroxyl groups is 1. The predicted molar refractivity (Wildman–Crippen MR) is 82.5 cm³/mol. The highest BCUT2D eigenvalue weighted by molar-refractivity contribution is 5.83. The summed E-state index contributed by atoms with van der Waals surface area (Å²) < 4.78 is 40.3. The molecule has 1 aromatic carbocycles. The molecule has 134 valence electrons. The highest BCUT2D eigenvalue weighted by Crippen LogP contribution is 2.49. The molecule has 1 saturated carbocycles. The minimum absolute atomic E-state index is 0.00712. The third kappa shape index (κ3) is 4.87. The van der Waals surface area contributed by atoms with Gasteiger partial charge >= 0.3 is 6.36 Å². The largest absolute Gasteiger partial charge is 0.573 e. The first-order chi connectivity index (χ1) is 11.1. The molecule has 24 heavy (non-hydrogen) atoms. The van der Waals surface area contributed by atoms with Gasteiger partial charge in [0.1, 0.15) is 5.75 Å². The van der Waals surface area contributed by atoms with Crippen molar-refractivity contribution in [2.75, 3.05) is 6.54 Å². The van der Waals surface area contributed by atoms with Crippen LogP contribution in [0.15, 0.2) is 24.3 Å². The number of hydrogen-bond acceptors (Lipinski definition) is 3. The number of amides is 1. The summed E-state index contributed by atoms with van der Waals surface area (Å²) in [5.74, 6) is -0.465. The number of benzene rings is 1. The van der Waals surface area contributed by atoms with Gasteiger partial charge < -0.3 is 14.7 Å². The molecule has 0 heterocycles. The summed E-state index contributed by atoms with van der Waals surface area (Å²) in [4.78, 5) is 14.2. The molecule has 0 aliphatic heterocycles. The summed E-state index contributed by atoms with van der Waals surface area (Å²) in [6.45, 7) is 5.69. The number of hydrogen-bond donors (Lipinski definition) is 1. The zero-order chi connectivity index (χ0) is 18.1. The molecule has 4 nitrogen and oxygen atoms in total. The molecule has 1 aromatic rings. The lowest BCUT2D eigenvalue weighted by Gasteiger charge is -2.28. The van der Waals surface area contributed by atoms with Gasteiger partial charge in [-0.05, 0) is 50.8 Å². The van der Waals surface area contributed by atoms with Gasteiger partial charge in [0.05, 0.1) is 6.10 Å². The summed E-state index contributed by atoms with van der Waals surface area (Å²) in [5.41, 5.74) is 0.823. The van der Waals surface area contributed by atoms with E-state index >= 15 is 0 Å². The zero-order valence-corrected chi connectivity index (χ0v) is 13.9. The number of aliphatic hydroxyl groups excluding tert-OH is 1. The minimum Gasteiger partial charge on any atom is -0.406 e. The molecule has 1 amide bonds. The van der Waals surface area contributed by atoms with E-state index < -0.39 is 12.5 Å². The molecule has 2 rings (SSSR count). The number of nitrogens with zero attached hydrogens (tertiary/aromatic N) is 1.